The van der Waals surface area contributed by atoms with Crippen LogP contribution < -0.4 is 4.72 Å². The van der Waals surface area contributed by atoms with Gasteiger partial charge in [-0.2, -0.15) is 11.8 Å². The predicted molar refractivity (Wildman–Crippen MR) is 65.8 cm³/mol. The van der Waals surface area contributed by atoms with Crippen LogP contribution >= 0.6 is 11.8 Å². The normalized spacial score (nSPS) is 23.5. The summed E-state index contributed by atoms with van der Waals surface area (Å²) in [6.07, 6.45) is 5.81. The zero-order valence-corrected chi connectivity index (χ0v) is 11.0. The Hall–Kier alpha value is 0.220. The molecule has 1 fully saturated rings. The summed E-state index contributed by atoms with van der Waals surface area (Å²) in [4.78, 5) is 2.38. The van der Waals surface area contributed by atoms with E-state index in [0.29, 0.717) is 12.6 Å². The van der Waals surface area contributed by atoms with Crippen molar-refractivity contribution in [3.05, 3.63) is 0 Å². The van der Waals surface area contributed by atoms with Gasteiger partial charge in [0.15, 0.2) is 0 Å². The number of sulfonamides is 1. The molecule has 0 aliphatic carbocycles. The third kappa shape index (κ3) is 5.19. The molecule has 1 saturated heterocycles. The van der Waals surface area contributed by atoms with Gasteiger partial charge in [0, 0.05) is 24.9 Å². The molecular weight excluding hydrogens is 232 g/mol. The Kier molecular flexibility index (Phi) is 5.38. The van der Waals surface area contributed by atoms with E-state index >= 15 is 0 Å². The van der Waals surface area contributed by atoms with E-state index in [1.54, 1.807) is 0 Å². The van der Waals surface area contributed by atoms with E-state index < -0.39 is 10.0 Å². The third-order valence-electron chi connectivity index (χ3n) is 2.62. The molecule has 1 rings (SSSR count). The highest BCUT2D eigenvalue weighted by Gasteiger charge is 2.23. The van der Waals surface area contributed by atoms with E-state index in [0.717, 1.165) is 18.8 Å². The molecule has 4 nitrogen and oxygen atoms in total. The van der Waals surface area contributed by atoms with Crippen LogP contribution in [0.25, 0.3) is 0 Å². The van der Waals surface area contributed by atoms with Crippen LogP contribution in [0.4, 0.5) is 0 Å². The van der Waals surface area contributed by atoms with Crippen molar-refractivity contribution < 1.29 is 8.42 Å². The van der Waals surface area contributed by atoms with Gasteiger partial charge in [-0.1, -0.05) is 0 Å². The maximum absolute atomic E-state index is 10.9. The Morgan fingerprint density at radius 3 is 2.87 bits per heavy atom. The van der Waals surface area contributed by atoms with Gasteiger partial charge in [-0.25, -0.2) is 13.1 Å². The van der Waals surface area contributed by atoms with Gasteiger partial charge < -0.3 is 0 Å². The molecule has 1 aliphatic heterocycles. The number of nitrogens with one attached hydrogen (secondary N) is 1. The number of thioether (sulfide) groups is 1. The number of hydrogen-bond donors (Lipinski definition) is 1. The lowest BCUT2D eigenvalue weighted by atomic mass is 10.2. The molecule has 0 saturated carbocycles. The Morgan fingerprint density at radius 2 is 2.27 bits per heavy atom. The van der Waals surface area contributed by atoms with Crippen molar-refractivity contribution in [1.29, 1.82) is 0 Å². The highest BCUT2D eigenvalue weighted by Crippen LogP contribution is 2.19. The fourth-order valence-electron chi connectivity index (χ4n) is 1.95. The van der Waals surface area contributed by atoms with Crippen LogP contribution in [0.15, 0.2) is 0 Å². The SMILES string of the molecule is CSCC1CCCN1CCNS(C)(=O)=O. The van der Waals surface area contributed by atoms with Gasteiger partial charge in [0.05, 0.1) is 6.26 Å². The zero-order chi connectivity index (χ0) is 11.3. The number of nitrogens with zero attached hydrogens (tertiary/aromatic N) is 1. The number of hydrogen-bond acceptors (Lipinski definition) is 4. The summed E-state index contributed by atoms with van der Waals surface area (Å²) >= 11 is 1.86. The summed E-state index contributed by atoms with van der Waals surface area (Å²) in [5.74, 6) is 1.15. The minimum absolute atomic E-state index is 0.531. The number of rotatable bonds is 6. The van der Waals surface area contributed by atoms with Crippen molar-refractivity contribution in [2.75, 3.05) is 37.9 Å². The fourth-order valence-corrected chi connectivity index (χ4v) is 3.17. The van der Waals surface area contributed by atoms with Crippen molar-refractivity contribution in [1.82, 2.24) is 9.62 Å². The van der Waals surface area contributed by atoms with E-state index in [-0.39, 0.29) is 0 Å². The van der Waals surface area contributed by atoms with Crippen molar-refractivity contribution in [2.45, 2.75) is 18.9 Å². The molecule has 1 N–H and O–H groups in total. The smallest absolute Gasteiger partial charge is 0.208 e. The van der Waals surface area contributed by atoms with Gasteiger partial charge in [-0.3, -0.25) is 4.90 Å². The topological polar surface area (TPSA) is 49.4 Å². The summed E-state index contributed by atoms with van der Waals surface area (Å²) < 4.78 is 24.3. The van der Waals surface area contributed by atoms with Crippen LogP contribution in [0, 0.1) is 0 Å². The lowest BCUT2D eigenvalue weighted by Crippen LogP contribution is -2.38. The summed E-state index contributed by atoms with van der Waals surface area (Å²) in [7, 11) is -3.03. The quantitative estimate of drug-likeness (QED) is 0.742. The second-order valence-electron chi connectivity index (χ2n) is 3.95. The van der Waals surface area contributed by atoms with Gasteiger partial charge in [0.2, 0.25) is 10.0 Å². The summed E-state index contributed by atoms with van der Waals surface area (Å²) in [5, 5.41) is 0. The van der Waals surface area contributed by atoms with Gasteiger partial charge in [0.1, 0.15) is 0 Å². The first-order valence-corrected chi connectivity index (χ1v) is 8.49. The van der Waals surface area contributed by atoms with Crippen molar-refractivity contribution in [2.24, 2.45) is 0 Å². The molecule has 0 aromatic heterocycles. The first kappa shape index (κ1) is 13.3. The molecule has 0 amide bonds. The molecule has 1 aliphatic rings. The van der Waals surface area contributed by atoms with E-state index in [9.17, 15) is 8.42 Å². The number of likely N-dealkylation sites (tertiary alicyclic amines) is 1. The Balaban J connectivity index is 2.25. The van der Waals surface area contributed by atoms with Crippen molar-refractivity contribution in [3.63, 3.8) is 0 Å². The standard InChI is InChI=1S/C9H20N2O2S2/c1-14-8-9-4-3-6-11(9)7-5-10-15(2,12)13/h9-10H,3-8H2,1-2H3. The molecule has 1 atom stereocenters. The first-order valence-electron chi connectivity index (χ1n) is 5.20. The molecule has 1 unspecified atom stereocenters. The highest BCUT2D eigenvalue weighted by molar-refractivity contribution is 7.98. The Bertz CT molecular complexity index is 280. The first-order chi connectivity index (χ1) is 7.03. The monoisotopic (exact) mass is 252 g/mol. The van der Waals surface area contributed by atoms with Gasteiger partial charge in [0.25, 0.3) is 0 Å². The molecule has 0 aromatic rings. The average Bonchev–Trinajstić information content (AvgIpc) is 2.51. The van der Waals surface area contributed by atoms with E-state index in [4.69, 9.17) is 0 Å². The van der Waals surface area contributed by atoms with Crippen LogP contribution in [-0.2, 0) is 10.0 Å². The van der Waals surface area contributed by atoms with Crippen LogP contribution in [-0.4, -0.2) is 57.3 Å². The molecule has 90 valence electrons. The third-order valence-corrected chi connectivity index (χ3v) is 4.07. The summed E-state index contributed by atoms with van der Waals surface area (Å²) in [6, 6.07) is 0.640. The lowest BCUT2D eigenvalue weighted by Gasteiger charge is -2.23. The minimum atomic E-state index is -3.03. The van der Waals surface area contributed by atoms with Gasteiger partial charge in [-0.05, 0) is 25.6 Å². The Labute approximate surface area is 96.8 Å². The average molecular weight is 252 g/mol. The van der Waals surface area contributed by atoms with Crippen LogP contribution in [0.3, 0.4) is 0 Å². The molecule has 15 heavy (non-hydrogen) atoms. The summed E-state index contributed by atoms with van der Waals surface area (Å²) in [5.41, 5.74) is 0. The van der Waals surface area contributed by atoms with E-state index in [1.807, 2.05) is 11.8 Å². The lowest BCUT2D eigenvalue weighted by molar-refractivity contribution is 0.277. The van der Waals surface area contributed by atoms with Crippen LogP contribution in [0.5, 0.6) is 0 Å². The molecule has 0 aromatic carbocycles. The highest BCUT2D eigenvalue weighted by atomic mass is 32.2. The molecule has 0 bridgehead atoms. The largest absolute Gasteiger partial charge is 0.298 e. The summed E-state index contributed by atoms with van der Waals surface area (Å²) in [6.45, 7) is 2.47. The van der Waals surface area contributed by atoms with Crippen molar-refractivity contribution >= 4 is 21.8 Å². The molecule has 0 radical (unpaired) electrons. The predicted octanol–water partition coefficient (Wildman–Crippen LogP) is 0.363. The molecule has 0 spiro atoms. The Morgan fingerprint density at radius 1 is 1.53 bits per heavy atom. The second kappa shape index (κ2) is 6.08. The van der Waals surface area contributed by atoms with Gasteiger partial charge >= 0.3 is 0 Å². The molecular formula is C9H20N2O2S2. The van der Waals surface area contributed by atoms with E-state index in [2.05, 4.69) is 15.9 Å². The fraction of sp³-hybridized carbons (Fsp3) is 1.00. The van der Waals surface area contributed by atoms with Crippen LogP contribution in [0.1, 0.15) is 12.8 Å². The zero-order valence-electron chi connectivity index (χ0n) is 9.40. The maximum atomic E-state index is 10.9. The molecule has 1 heterocycles. The van der Waals surface area contributed by atoms with Gasteiger partial charge in [-0.15, -0.1) is 0 Å². The minimum Gasteiger partial charge on any atom is -0.298 e. The van der Waals surface area contributed by atoms with E-state index in [1.165, 1.54) is 19.1 Å². The second-order valence-corrected chi connectivity index (χ2v) is 6.70. The maximum Gasteiger partial charge on any atom is 0.208 e. The van der Waals surface area contributed by atoms with Crippen LogP contribution in [0.2, 0.25) is 0 Å². The molecule has 6 heteroatoms. The van der Waals surface area contributed by atoms with Crippen molar-refractivity contribution in [3.8, 4) is 0 Å².